The highest BCUT2D eigenvalue weighted by Crippen LogP contribution is 2.49. The van der Waals surface area contributed by atoms with Gasteiger partial charge in [0.1, 0.15) is 6.17 Å². The van der Waals surface area contributed by atoms with E-state index in [1.807, 2.05) is 50.3 Å². The lowest BCUT2D eigenvalue weighted by Gasteiger charge is -2.13. The predicted molar refractivity (Wildman–Crippen MR) is 211 cm³/mol. The number of hydrogen-bond acceptors (Lipinski definition) is 6. The zero-order valence-electron chi connectivity index (χ0n) is 31.2. The summed E-state index contributed by atoms with van der Waals surface area (Å²) in [5, 5.41) is 20.6. The average molecular weight is 729 g/mol. The Morgan fingerprint density at radius 2 is 1.43 bits per heavy atom. The van der Waals surface area contributed by atoms with E-state index in [0.29, 0.717) is 35.0 Å². The lowest BCUT2D eigenvalue weighted by Crippen LogP contribution is -2.21. The second kappa shape index (κ2) is 15.3. The maximum absolute atomic E-state index is 15.5. The van der Waals surface area contributed by atoms with Crippen LogP contribution >= 0.6 is 0 Å². The maximum atomic E-state index is 15.5. The van der Waals surface area contributed by atoms with Gasteiger partial charge in [-0.1, -0.05) is 54.2 Å². The topological polar surface area (TPSA) is 140 Å². The van der Waals surface area contributed by atoms with E-state index >= 15 is 4.39 Å². The highest BCUT2D eigenvalue weighted by atomic mass is 19.1. The third-order valence-electron chi connectivity index (χ3n) is 11.6. The molecular weight excluding hydrogens is 680 g/mol. The summed E-state index contributed by atoms with van der Waals surface area (Å²) in [6.45, 7) is 5.84. The van der Waals surface area contributed by atoms with Gasteiger partial charge in [-0.2, -0.15) is 10.2 Å². The molecule has 0 saturated heterocycles. The molecule has 11 heteroatoms. The minimum Gasteiger partial charge on any atom is -0.309 e. The molecule has 5 unspecified atom stereocenters. The highest BCUT2D eigenvalue weighted by Gasteiger charge is 2.39. The van der Waals surface area contributed by atoms with Gasteiger partial charge < -0.3 is 10.6 Å². The fourth-order valence-corrected chi connectivity index (χ4v) is 7.75. The van der Waals surface area contributed by atoms with E-state index in [2.05, 4.69) is 68.3 Å². The normalized spacial score (nSPS) is 29.5. The highest BCUT2D eigenvalue weighted by molar-refractivity contribution is 6.03. The van der Waals surface area contributed by atoms with E-state index < -0.39 is 12.1 Å². The summed E-state index contributed by atoms with van der Waals surface area (Å²) in [6.07, 6.45) is 26.3. The molecule has 6 aliphatic rings. The number of carbonyl (C=O) groups is 2. The Morgan fingerprint density at radius 3 is 2.07 bits per heavy atom. The largest absolute Gasteiger partial charge is 0.309 e. The molecule has 0 bridgehead atoms. The van der Waals surface area contributed by atoms with Gasteiger partial charge in [-0.15, -0.1) is 0 Å². The Kier molecular flexibility index (Phi) is 10.1. The SMILES string of the molecule is CC1=C/CCC2C=C([C@@H](C)C(=O)Nc3cc(C4CC4C/C=C/C(F)C4=C/CCC5C=C([C@@H](C)C(=O)Nc6cc(C7CC7)[nH]n6)N=C5/C=C\4)[nH]n3)N=C2/C=C\1. The Hall–Kier alpha value is -5.19. The molecule has 280 valence electrons. The van der Waals surface area contributed by atoms with Crippen LogP contribution in [0.15, 0.2) is 105 Å². The van der Waals surface area contributed by atoms with Crippen molar-refractivity contribution in [3.63, 3.8) is 0 Å². The third-order valence-corrected chi connectivity index (χ3v) is 11.6. The van der Waals surface area contributed by atoms with Gasteiger partial charge in [0.15, 0.2) is 11.6 Å². The van der Waals surface area contributed by atoms with E-state index in [9.17, 15) is 9.59 Å². The third kappa shape index (κ3) is 8.15. The monoisotopic (exact) mass is 728 g/mol. The molecular formula is C43H49FN8O2. The van der Waals surface area contributed by atoms with Crippen molar-refractivity contribution < 1.29 is 14.0 Å². The van der Waals surface area contributed by atoms with Crippen LogP contribution in [0.1, 0.15) is 95.4 Å². The van der Waals surface area contributed by atoms with Crippen molar-refractivity contribution in [3.8, 4) is 0 Å². The van der Waals surface area contributed by atoms with E-state index in [4.69, 9.17) is 9.98 Å². The first-order valence-electron chi connectivity index (χ1n) is 19.5. The number of halogens is 1. The molecule has 0 aromatic carbocycles. The molecule has 2 amide bonds. The number of alkyl halides is 1. The Morgan fingerprint density at radius 1 is 0.833 bits per heavy atom. The van der Waals surface area contributed by atoms with Crippen LogP contribution in [0.2, 0.25) is 0 Å². The summed E-state index contributed by atoms with van der Waals surface area (Å²) in [7, 11) is 0. The quantitative estimate of drug-likeness (QED) is 0.162. The molecule has 0 radical (unpaired) electrons. The van der Waals surface area contributed by atoms with Crippen molar-refractivity contribution in [3.05, 3.63) is 107 Å². The lowest BCUT2D eigenvalue weighted by molar-refractivity contribution is -0.119. The zero-order chi connectivity index (χ0) is 37.3. The first kappa shape index (κ1) is 35.8. The number of hydrogen-bond donors (Lipinski definition) is 4. The molecule has 2 fully saturated rings. The fraction of sp³-hybridized carbons (Fsp3) is 0.442. The Balaban J connectivity index is 0.794. The molecule has 2 aromatic rings. The van der Waals surface area contributed by atoms with Crippen molar-refractivity contribution in [2.75, 3.05) is 10.6 Å². The van der Waals surface area contributed by atoms with Gasteiger partial charge in [-0.25, -0.2) is 4.39 Å². The molecule has 10 nitrogen and oxygen atoms in total. The van der Waals surface area contributed by atoms with E-state index in [1.165, 1.54) is 5.57 Å². The van der Waals surface area contributed by atoms with Crippen LogP contribution in [-0.2, 0) is 9.59 Å². The van der Waals surface area contributed by atoms with Crippen molar-refractivity contribution in [2.24, 2.45) is 39.6 Å². The van der Waals surface area contributed by atoms with Gasteiger partial charge in [0.25, 0.3) is 0 Å². The van der Waals surface area contributed by atoms with Crippen molar-refractivity contribution in [1.29, 1.82) is 0 Å². The van der Waals surface area contributed by atoms with Crippen molar-refractivity contribution >= 4 is 34.9 Å². The molecule has 2 aromatic heterocycles. The first-order chi connectivity index (χ1) is 26.2. The molecule has 54 heavy (non-hydrogen) atoms. The standard InChI is InChI=1S/C43H49FN8O2/c1-24-7-4-10-30-20-36(45-34(30)17-13-24)25(2)43(54)48-41-23-39(50-52-41)32-19-29(32)9-6-12-33(44)27-8-5-11-31-21-37(46-35(31)18-16-27)26(3)42(53)47-40-22-38(49-51-40)28-14-15-28/h6-8,12-13,16-18,20-23,25-26,28-33H,4-5,9-11,14-15,19H2,1-3H3,(H2,47,49,51,53)(H2,48,50,52,54)/b12-6+,17-13-,18-16-,24-7-,27-8+/t25-,26-,29?,30?,31?,32?,33?/m1/s1. The molecule has 4 aliphatic carbocycles. The number of rotatable bonds is 12. The number of nitrogens with one attached hydrogen (secondary N) is 4. The first-order valence-corrected chi connectivity index (χ1v) is 19.5. The number of carbonyl (C=O) groups excluding carboxylic acids is 2. The van der Waals surface area contributed by atoms with Gasteiger partial charge >= 0.3 is 0 Å². The second-order valence-electron chi connectivity index (χ2n) is 15.7. The van der Waals surface area contributed by atoms with Crippen molar-refractivity contribution in [2.45, 2.75) is 90.1 Å². The second-order valence-corrected chi connectivity index (χ2v) is 15.7. The van der Waals surface area contributed by atoms with Crippen LogP contribution in [0.5, 0.6) is 0 Å². The summed E-state index contributed by atoms with van der Waals surface area (Å²) >= 11 is 0. The zero-order valence-corrected chi connectivity index (χ0v) is 31.2. The smallest absolute Gasteiger partial charge is 0.234 e. The van der Waals surface area contributed by atoms with E-state index in [-0.39, 0.29) is 29.6 Å². The molecule has 2 saturated carbocycles. The molecule has 7 atom stereocenters. The van der Waals surface area contributed by atoms with Gasteiger partial charge in [-0.05, 0) is 95.8 Å². The molecule has 2 aliphatic heterocycles. The Bertz CT molecular complexity index is 2080. The van der Waals surface area contributed by atoms with Crippen LogP contribution in [0.3, 0.4) is 0 Å². The van der Waals surface area contributed by atoms with Gasteiger partial charge in [-0.3, -0.25) is 29.8 Å². The van der Waals surface area contributed by atoms with Crippen LogP contribution in [-0.4, -0.2) is 49.8 Å². The molecule has 4 heterocycles. The van der Waals surface area contributed by atoms with Crippen LogP contribution in [0, 0.1) is 29.6 Å². The summed E-state index contributed by atoms with van der Waals surface area (Å²) in [6, 6.07) is 3.83. The summed E-state index contributed by atoms with van der Waals surface area (Å²) in [4.78, 5) is 35.7. The number of anilines is 2. The van der Waals surface area contributed by atoms with Gasteiger partial charge in [0.05, 0.1) is 11.8 Å². The van der Waals surface area contributed by atoms with Crippen LogP contribution < -0.4 is 10.6 Å². The predicted octanol–water partition coefficient (Wildman–Crippen LogP) is 8.73. The van der Waals surface area contributed by atoms with Crippen LogP contribution in [0.25, 0.3) is 0 Å². The maximum Gasteiger partial charge on any atom is 0.234 e. The summed E-state index contributed by atoms with van der Waals surface area (Å²) in [5.74, 6) is 1.55. The Labute approximate surface area is 315 Å². The number of aromatic nitrogens is 4. The van der Waals surface area contributed by atoms with E-state index in [0.717, 1.165) is 85.6 Å². The number of aliphatic imine (C=N–C) groups is 2. The number of aromatic amines is 2. The minimum atomic E-state index is -1.21. The molecule has 8 rings (SSSR count). The number of allylic oxidation sites excluding steroid dienone is 12. The van der Waals surface area contributed by atoms with Gasteiger partial charge in [0, 0.05) is 70.0 Å². The number of amides is 2. The number of fused-ring (bicyclic) bond motifs is 2. The summed E-state index contributed by atoms with van der Waals surface area (Å²) < 4.78 is 15.5. The summed E-state index contributed by atoms with van der Waals surface area (Å²) in [5.41, 5.74) is 7.36. The van der Waals surface area contributed by atoms with Gasteiger partial charge in [0.2, 0.25) is 11.8 Å². The minimum absolute atomic E-state index is 0.106. The van der Waals surface area contributed by atoms with Crippen molar-refractivity contribution in [1.82, 2.24) is 20.4 Å². The van der Waals surface area contributed by atoms with E-state index in [1.54, 1.807) is 6.08 Å². The van der Waals surface area contributed by atoms with Crippen LogP contribution in [0.4, 0.5) is 16.0 Å². The molecule has 4 N–H and O–H groups in total. The molecule has 0 spiro atoms. The average Bonchev–Trinajstić information content (AvgIpc) is 3.90. The number of H-pyrrole nitrogens is 2. The number of nitrogens with zero attached hydrogens (tertiary/aromatic N) is 4. The fourth-order valence-electron chi connectivity index (χ4n) is 7.75. The lowest BCUT2D eigenvalue weighted by atomic mass is 9.92.